The standard InChI is InChI=1S/C9H19N3O/c1-7-3-4-8(5-11-7)6-12-9(13)10-2/h7-8,11H,3-6H2,1-2H3,(H2,10,12,13). The van der Waals surface area contributed by atoms with E-state index < -0.39 is 0 Å². The Bertz CT molecular complexity index is 164. The first kappa shape index (κ1) is 10.3. The summed E-state index contributed by atoms with van der Waals surface area (Å²) in [6, 6.07) is 0.551. The fourth-order valence-electron chi connectivity index (χ4n) is 1.56. The Morgan fingerprint density at radius 2 is 2.31 bits per heavy atom. The van der Waals surface area contributed by atoms with Gasteiger partial charge in [-0.25, -0.2) is 4.79 Å². The Morgan fingerprint density at radius 1 is 1.54 bits per heavy atom. The normalized spacial score (nSPS) is 28.2. The summed E-state index contributed by atoms with van der Waals surface area (Å²) in [5.74, 6) is 0.591. The molecule has 0 aromatic heterocycles. The quantitative estimate of drug-likeness (QED) is 0.579. The first-order valence-electron chi connectivity index (χ1n) is 4.91. The summed E-state index contributed by atoms with van der Waals surface area (Å²) in [5.41, 5.74) is 0. The average Bonchev–Trinajstić information content (AvgIpc) is 2.16. The van der Waals surface area contributed by atoms with Crippen molar-refractivity contribution >= 4 is 6.03 Å². The molecule has 0 spiro atoms. The maximum atomic E-state index is 10.9. The van der Waals surface area contributed by atoms with Gasteiger partial charge in [-0.05, 0) is 32.2 Å². The topological polar surface area (TPSA) is 53.2 Å². The number of carbonyl (C=O) groups is 1. The van der Waals surface area contributed by atoms with Crippen LogP contribution in [-0.2, 0) is 0 Å². The van der Waals surface area contributed by atoms with Crippen molar-refractivity contribution in [3.63, 3.8) is 0 Å². The van der Waals surface area contributed by atoms with Crippen molar-refractivity contribution < 1.29 is 4.79 Å². The summed E-state index contributed by atoms with van der Waals surface area (Å²) in [5, 5.41) is 8.77. The molecule has 2 atom stereocenters. The van der Waals surface area contributed by atoms with E-state index in [-0.39, 0.29) is 6.03 Å². The van der Waals surface area contributed by atoms with E-state index in [1.165, 1.54) is 12.8 Å². The van der Waals surface area contributed by atoms with E-state index in [0.29, 0.717) is 12.0 Å². The van der Waals surface area contributed by atoms with Crippen LogP contribution in [0.3, 0.4) is 0 Å². The van der Waals surface area contributed by atoms with Crippen LogP contribution in [-0.4, -0.2) is 32.2 Å². The number of amides is 2. The largest absolute Gasteiger partial charge is 0.341 e. The summed E-state index contributed by atoms with van der Waals surface area (Å²) in [7, 11) is 1.64. The molecule has 0 saturated carbocycles. The third kappa shape index (κ3) is 3.63. The Morgan fingerprint density at radius 3 is 2.85 bits per heavy atom. The smallest absolute Gasteiger partial charge is 0.314 e. The summed E-state index contributed by atoms with van der Waals surface area (Å²) in [4.78, 5) is 10.9. The number of hydrogen-bond donors (Lipinski definition) is 3. The summed E-state index contributed by atoms with van der Waals surface area (Å²) in [6.07, 6.45) is 2.41. The average molecular weight is 185 g/mol. The second-order valence-corrected chi connectivity index (χ2v) is 3.71. The van der Waals surface area contributed by atoms with Gasteiger partial charge in [0.1, 0.15) is 0 Å². The number of carbonyl (C=O) groups excluding carboxylic acids is 1. The minimum Gasteiger partial charge on any atom is -0.341 e. The molecule has 0 aromatic carbocycles. The zero-order valence-corrected chi connectivity index (χ0v) is 8.39. The first-order valence-corrected chi connectivity index (χ1v) is 4.91. The molecule has 76 valence electrons. The van der Waals surface area contributed by atoms with E-state index in [1.54, 1.807) is 7.05 Å². The van der Waals surface area contributed by atoms with Gasteiger partial charge in [-0.15, -0.1) is 0 Å². The van der Waals surface area contributed by atoms with E-state index in [2.05, 4.69) is 22.9 Å². The van der Waals surface area contributed by atoms with Crippen LogP contribution in [0, 0.1) is 5.92 Å². The number of rotatable bonds is 2. The zero-order valence-electron chi connectivity index (χ0n) is 8.39. The Labute approximate surface area is 79.5 Å². The van der Waals surface area contributed by atoms with Gasteiger partial charge in [-0.3, -0.25) is 0 Å². The molecule has 1 rings (SSSR count). The Balaban J connectivity index is 2.12. The van der Waals surface area contributed by atoms with Gasteiger partial charge in [0.15, 0.2) is 0 Å². The highest BCUT2D eigenvalue weighted by molar-refractivity contribution is 5.73. The van der Waals surface area contributed by atoms with Crippen molar-refractivity contribution in [3.8, 4) is 0 Å². The molecular formula is C9H19N3O. The maximum Gasteiger partial charge on any atom is 0.314 e. The molecule has 1 heterocycles. The molecule has 4 heteroatoms. The lowest BCUT2D eigenvalue weighted by atomic mass is 9.95. The highest BCUT2D eigenvalue weighted by Crippen LogP contribution is 2.12. The zero-order chi connectivity index (χ0) is 9.68. The lowest BCUT2D eigenvalue weighted by molar-refractivity contribution is 0.237. The molecule has 2 amide bonds. The van der Waals surface area contributed by atoms with E-state index in [1.807, 2.05) is 0 Å². The van der Waals surface area contributed by atoms with Crippen molar-refractivity contribution in [1.29, 1.82) is 0 Å². The van der Waals surface area contributed by atoms with Crippen LogP contribution >= 0.6 is 0 Å². The summed E-state index contributed by atoms with van der Waals surface area (Å²) < 4.78 is 0. The van der Waals surface area contributed by atoms with Crippen molar-refractivity contribution in [3.05, 3.63) is 0 Å². The third-order valence-electron chi connectivity index (χ3n) is 2.54. The molecule has 1 aliphatic rings. The number of hydrogen-bond acceptors (Lipinski definition) is 2. The molecule has 0 bridgehead atoms. The monoisotopic (exact) mass is 185 g/mol. The van der Waals surface area contributed by atoms with Crippen LogP contribution in [0.2, 0.25) is 0 Å². The van der Waals surface area contributed by atoms with Gasteiger partial charge in [-0.1, -0.05) is 0 Å². The van der Waals surface area contributed by atoms with E-state index >= 15 is 0 Å². The fourth-order valence-corrected chi connectivity index (χ4v) is 1.56. The van der Waals surface area contributed by atoms with Crippen LogP contribution in [0.5, 0.6) is 0 Å². The summed E-state index contributed by atoms with van der Waals surface area (Å²) in [6.45, 7) is 3.99. The summed E-state index contributed by atoms with van der Waals surface area (Å²) >= 11 is 0. The molecule has 1 saturated heterocycles. The van der Waals surface area contributed by atoms with Gasteiger partial charge < -0.3 is 16.0 Å². The van der Waals surface area contributed by atoms with Gasteiger partial charge in [0.05, 0.1) is 0 Å². The fraction of sp³-hybridized carbons (Fsp3) is 0.889. The minimum atomic E-state index is -0.0846. The number of nitrogens with one attached hydrogen (secondary N) is 3. The Hall–Kier alpha value is -0.770. The van der Waals surface area contributed by atoms with E-state index in [9.17, 15) is 4.79 Å². The van der Waals surface area contributed by atoms with Crippen LogP contribution < -0.4 is 16.0 Å². The predicted molar refractivity (Wildman–Crippen MR) is 52.6 cm³/mol. The molecular weight excluding hydrogens is 166 g/mol. The highest BCUT2D eigenvalue weighted by Gasteiger charge is 2.17. The molecule has 13 heavy (non-hydrogen) atoms. The Kier molecular flexibility index (Phi) is 4.02. The molecule has 0 aromatic rings. The van der Waals surface area contributed by atoms with Crippen molar-refractivity contribution in [2.45, 2.75) is 25.8 Å². The predicted octanol–water partition coefficient (Wildman–Crippen LogP) is 0.304. The highest BCUT2D eigenvalue weighted by atomic mass is 16.2. The van der Waals surface area contributed by atoms with Crippen LogP contribution in [0.4, 0.5) is 4.79 Å². The maximum absolute atomic E-state index is 10.9. The van der Waals surface area contributed by atoms with Crippen LogP contribution in [0.1, 0.15) is 19.8 Å². The molecule has 0 aliphatic carbocycles. The van der Waals surface area contributed by atoms with Gasteiger partial charge >= 0.3 is 6.03 Å². The number of piperidine rings is 1. The van der Waals surface area contributed by atoms with Gasteiger partial charge in [0.25, 0.3) is 0 Å². The second kappa shape index (κ2) is 5.07. The van der Waals surface area contributed by atoms with Crippen molar-refractivity contribution in [2.24, 2.45) is 5.92 Å². The van der Waals surface area contributed by atoms with Crippen molar-refractivity contribution in [2.75, 3.05) is 20.1 Å². The van der Waals surface area contributed by atoms with Gasteiger partial charge in [0.2, 0.25) is 0 Å². The van der Waals surface area contributed by atoms with Crippen LogP contribution in [0.15, 0.2) is 0 Å². The lowest BCUT2D eigenvalue weighted by Gasteiger charge is -2.27. The van der Waals surface area contributed by atoms with E-state index in [4.69, 9.17) is 0 Å². The molecule has 1 aliphatic heterocycles. The third-order valence-corrected chi connectivity index (χ3v) is 2.54. The lowest BCUT2D eigenvalue weighted by Crippen LogP contribution is -2.43. The van der Waals surface area contributed by atoms with Gasteiger partial charge in [-0.2, -0.15) is 0 Å². The second-order valence-electron chi connectivity index (χ2n) is 3.71. The minimum absolute atomic E-state index is 0.0846. The SMILES string of the molecule is CNC(=O)NCC1CCC(C)NC1. The molecule has 3 N–H and O–H groups in total. The van der Waals surface area contributed by atoms with Crippen LogP contribution in [0.25, 0.3) is 0 Å². The molecule has 2 unspecified atom stereocenters. The molecule has 0 radical (unpaired) electrons. The molecule has 4 nitrogen and oxygen atoms in total. The number of urea groups is 1. The van der Waals surface area contributed by atoms with Crippen molar-refractivity contribution in [1.82, 2.24) is 16.0 Å². The van der Waals surface area contributed by atoms with E-state index in [0.717, 1.165) is 13.1 Å². The first-order chi connectivity index (χ1) is 6.22. The van der Waals surface area contributed by atoms with Gasteiger partial charge in [0, 0.05) is 19.6 Å². The molecule has 1 fully saturated rings.